The summed E-state index contributed by atoms with van der Waals surface area (Å²) in [5, 5.41) is 2.41. The zero-order valence-corrected chi connectivity index (χ0v) is 15.2. The lowest BCUT2D eigenvalue weighted by Crippen LogP contribution is -2.45. The Morgan fingerprint density at radius 2 is 1.88 bits per heavy atom. The Bertz CT molecular complexity index is 768. The molecule has 3 rings (SSSR count). The Balaban J connectivity index is 1.58. The average Bonchev–Trinajstić information content (AvgIpc) is 3.15. The lowest BCUT2D eigenvalue weighted by Gasteiger charge is -2.18. The second-order valence-corrected chi connectivity index (χ2v) is 8.75. The lowest BCUT2D eigenvalue weighted by molar-refractivity contribution is 0.545. The van der Waals surface area contributed by atoms with E-state index in [1.165, 1.54) is 11.3 Å². The van der Waals surface area contributed by atoms with Crippen molar-refractivity contribution in [1.29, 1.82) is 0 Å². The van der Waals surface area contributed by atoms with Gasteiger partial charge in [-0.2, -0.15) is 0 Å². The Kier molecular flexibility index (Phi) is 5.26. The molecule has 0 aliphatic carbocycles. The number of sulfonamides is 1. The smallest absolute Gasteiger partial charge is 0.217 e. The van der Waals surface area contributed by atoms with Crippen molar-refractivity contribution in [3.63, 3.8) is 0 Å². The van der Waals surface area contributed by atoms with E-state index in [-0.39, 0.29) is 12.1 Å². The highest BCUT2D eigenvalue weighted by Gasteiger charge is 2.39. The fraction of sp³-hybridized carbons (Fsp3) is 0.467. The van der Waals surface area contributed by atoms with E-state index >= 15 is 0 Å². The Morgan fingerprint density at radius 1 is 1.21 bits per heavy atom. The molecule has 0 spiro atoms. The summed E-state index contributed by atoms with van der Waals surface area (Å²) in [7, 11) is -3.38. The zero-order chi connectivity index (χ0) is 17.2. The van der Waals surface area contributed by atoms with Crippen LogP contribution in [0.25, 0.3) is 11.3 Å². The highest BCUT2D eigenvalue weighted by atomic mass is 32.2. The molecule has 2 atom stereocenters. The molecule has 7 nitrogen and oxygen atoms in total. The molecular formula is C15H21N5O2S2. The van der Waals surface area contributed by atoms with Crippen LogP contribution in [0.1, 0.15) is 18.9 Å². The van der Waals surface area contributed by atoms with Gasteiger partial charge in [0.15, 0.2) is 0 Å². The summed E-state index contributed by atoms with van der Waals surface area (Å²) in [6.45, 7) is 4.08. The van der Waals surface area contributed by atoms with Crippen LogP contribution in [-0.4, -0.2) is 42.3 Å². The van der Waals surface area contributed by atoms with Crippen molar-refractivity contribution in [2.45, 2.75) is 37.6 Å². The highest BCUT2D eigenvalue weighted by Crippen LogP contribution is 2.21. The first-order valence-corrected chi connectivity index (χ1v) is 10.2. The van der Waals surface area contributed by atoms with Crippen molar-refractivity contribution in [2.75, 3.05) is 6.54 Å². The molecule has 2 unspecified atom stereocenters. The third-order valence-electron chi connectivity index (χ3n) is 4.05. The van der Waals surface area contributed by atoms with Crippen LogP contribution < -0.4 is 15.6 Å². The van der Waals surface area contributed by atoms with Crippen LogP contribution in [-0.2, 0) is 16.4 Å². The summed E-state index contributed by atoms with van der Waals surface area (Å²) in [5.41, 5.74) is 7.85. The summed E-state index contributed by atoms with van der Waals surface area (Å²) in [4.78, 5) is 8.55. The number of aromatic nitrogens is 2. The molecule has 3 N–H and O–H groups in total. The van der Waals surface area contributed by atoms with Crippen molar-refractivity contribution in [3.8, 4) is 11.3 Å². The van der Waals surface area contributed by atoms with Gasteiger partial charge in [-0.1, -0.05) is 0 Å². The van der Waals surface area contributed by atoms with E-state index in [9.17, 15) is 8.42 Å². The van der Waals surface area contributed by atoms with Gasteiger partial charge in [0.2, 0.25) is 10.0 Å². The standard InChI is InChI=1S/C15H21N5O2S2/c1-10-15(11(2)20-19-10)24(21,22)17-8-5-14-18-13(9-23-14)12-3-6-16-7-4-12/h3-4,6-7,9-11,15,17,19-20H,5,8H2,1-2H3. The molecule has 1 fully saturated rings. The van der Waals surface area contributed by atoms with E-state index in [0.29, 0.717) is 13.0 Å². The maximum Gasteiger partial charge on any atom is 0.217 e. The van der Waals surface area contributed by atoms with Crippen LogP contribution in [0.3, 0.4) is 0 Å². The first kappa shape index (κ1) is 17.4. The number of hydrazine groups is 1. The van der Waals surface area contributed by atoms with Crippen LogP contribution in [0.2, 0.25) is 0 Å². The van der Waals surface area contributed by atoms with E-state index in [2.05, 4.69) is 25.5 Å². The van der Waals surface area contributed by atoms with Gasteiger partial charge in [-0.15, -0.1) is 11.3 Å². The third kappa shape index (κ3) is 3.81. The fourth-order valence-corrected chi connectivity index (χ4v) is 5.47. The van der Waals surface area contributed by atoms with E-state index in [0.717, 1.165) is 16.3 Å². The minimum Gasteiger partial charge on any atom is -0.265 e. The van der Waals surface area contributed by atoms with Crippen LogP contribution in [0.4, 0.5) is 0 Å². The fourth-order valence-electron chi connectivity index (χ4n) is 2.88. The molecule has 3 heterocycles. The first-order chi connectivity index (χ1) is 11.5. The summed E-state index contributed by atoms with van der Waals surface area (Å²) in [6, 6.07) is 3.56. The third-order valence-corrected chi connectivity index (χ3v) is 7.10. The van der Waals surface area contributed by atoms with Gasteiger partial charge in [0.1, 0.15) is 5.25 Å². The predicted octanol–water partition coefficient (Wildman–Crippen LogP) is 0.920. The van der Waals surface area contributed by atoms with Gasteiger partial charge in [0.05, 0.1) is 10.7 Å². The molecule has 0 radical (unpaired) electrons. The number of pyridine rings is 1. The van der Waals surface area contributed by atoms with Gasteiger partial charge in [-0.25, -0.2) is 18.1 Å². The molecular weight excluding hydrogens is 346 g/mol. The number of thiazole rings is 1. The topological polar surface area (TPSA) is 96.0 Å². The van der Waals surface area contributed by atoms with Gasteiger partial charge in [0, 0.05) is 48.4 Å². The molecule has 9 heteroatoms. The minimum atomic E-state index is -3.38. The normalized spacial score (nSPS) is 24.3. The lowest BCUT2D eigenvalue weighted by atomic mass is 10.2. The second kappa shape index (κ2) is 7.24. The van der Waals surface area contributed by atoms with Gasteiger partial charge in [-0.05, 0) is 26.0 Å². The van der Waals surface area contributed by atoms with Gasteiger partial charge in [0.25, 0.3) is 0 Å². The first-order valence-electron chi connectivity index (χ1n) is 7.82. The van der Waals surface area contributed by atoms with E-state index in [1.807, 2.05) is 31.4 Å². The van der Waals surface area contributed by atoms with Gasteiger partial charge in [-0.3, -0.25) is 15.8 Å². The van der Waals surface area contributed by atoms with Crippen LogP contribution in [0, 0.1) is 0 Å². The second-order valence-electron chi connectivity index (χ2n) is 5.88. The Morgan fingerprint density at radius 3 is 2.54 bits per heavy atom. The molecule has 0 saturated carbocycles. The van der Waals surface area contributed by atoms with Crippen molar-refractivity contribution < 1.29 is 8.42 Å². The van der Waals surface area contributed by atoms with E-state index in [4.69, 9.17) is 0 Å². The molecule has 24 heavy (non-hydrogen) atoms. The molecule has 1 aliphatic heterocycles. The van der Waals surface area contributed by atoms with Crippen LogP contribution in [0.5, 0.6) is 0 Å². The maximum atomic E-state index is 12.5. The quantitative estimate of drug-likeness (QED) is 0.703. The summed E-state index contributed by atoms with van der Waals surface area (Å²) in [5.74, 6) is 0. The largest absolute Gasteiger partial charge is 0.265 e. The molecule has 0 aromatic carbocycles. The molecule has 1 saturated heterocycles. The number of nitrogens with zero attached hydrogens (tertiary/aromatic N) is 2. The van der Waals surface area contributed by atoms with Gasteiger partial charge >= 0.3 is 0 Å². The summed E-state index contributed by atoms with van der Waals surface area (Å²) < 4.78 is 27.6. The molecule has 2 aromatic rings. The van der Waals surface area contributed by atoms with Crippen molar-refractivity contribution in [1.82, 2.24) is 25.5 Å². The Hall–Kier alpha value is -1.39. The Labute approximate surface area is 145 Å². The molecule has 0 bridgehead atoms. The number of hydrogen-bond acceptors (Lipinski definition) is 7. The van der Waals surface area contributed by atoms with E-state index < -0.39 is 15.3 Å². The summed E-state index contributed by atoms with van der Waals surface area (Å²) >= 11 is 1.54. The maximum absolute atomic E-state index is 12.5. The van der Waals surface area contributed by atoms with Crippen molar-refractivity contribution in [2.24, 2.45) is 0 Å². The highest BCUT2D eigenvalue weighted by molar-refractivity contribution is 7.90. The van der Waals surface area contributed by atoms with Gasteiger partial charge < -0.3 is 0 Å². The summed E-state index contributed by atoms with van der Waals surface area (Å²) in [6.07, 6.45) is 4.04. The SMILES string of the molecule is CC1NNC(C)C1S(=O)(=O)NCCc1nc(-c2ccncc2)cs1. The van der Waals surface area contributed by atoms with Crippen molar-refractivity contribution in [3.05, 3.63) is 34.9 Å². The van der Waals surface area contributed by atoms with Crippen LogP contribution in [0.15, 0.2) is 29.9 Å². The molecule has 2 aromatic heterocycles. The number of rotatable bonds is 6. The zero-order valence-electron chi connectivity index (χ0n) is 13.6. The molecule has 0 amide bonds. The van der Waals surface area contributed by atoms with Crippen LogP contribution >= 0.6 is 11.3 Å². The number of nitrogens with one attached hydrogen (secondary N) is 3. The number of hydrogen-bond donors (Lipinski definition) is 3. The minimum absolute atomic E-state index is 0.129. The average molecular weight is 368 g/mol. The monoisotopic (exact) mass is 367 g/mol. The molecule has 1 aliphatic rings. The van der Waals surface area contributed by atoms with E-state index in [1.54, 1.807) is 12.4 Å². The van der Waals surface area contributed by atoms with Crippen molar-refractivity contribution >= 4 is 21.4 Å². The molecule has 130 valence electrons. The predicted molar refractivity (Wildman–Crippen MR) is 95.0 cm³/mol.